The molecule has 1 fully saturated rings. The van der Waals surface area contributed by atoms with Crippen LogP contribution in [0.15, 0.2) is 68.6 Å². The van der Waals surface area contributed by atoms with E-state index in [-0.39, 0.29) is 19.0 Å². The van der Waals surface area contributed by atoms with Crippen LogP contribution in [-0.2, 0) is 27.3 Å². The number of ether oxygens (including phenoxy) is 1. The zero-order chi connectivity index (χ0) is 30.4. The highest BCUT2D eigenvalue weighted by atomic mass is 33.1. The minimum absolute atomic E-state index is 0.0283. The fraction of sp³-hybridized carbons (Fsp3) is 0.519. The maximum atomic E-state index is 15.9. The number of halogens is 1. The number of nitrogens with zero attached hydrogens (tertiary/aromatic N) is 4. The fourth-order valence-electron chi connectivity index (χ4n) is 4.44. The molecule has 14 heteroatoms. The molecule has 2 aromatic heterocycles. The second kappa shape index (κ2) is 14.5. The molecule has 0 bridgehead atoms. The van der Waals surface area contributed by atoms with E-state index in [2.05, 4.69) is 26.8 Å². The van der Waals surface area contributed by atoms with E-state index in [1.165, 1.54) is 6.20 Å². The van der Waals surface area contributed by atoms with Gasteiger partial charge in [0.2, 0.25) is 0 Å². The number of nitrogens with one attached hydrogen (secondary N) is 1. The van der Waals surface area contributed by atoms with Crippen LogP contribution in [0.2, 0.25) is 0 Å². The van der Waals surface area contributed by atoms with Crippen molar-refractivity contribution in [3.63, 3.8) is 0 Å². The molecule has 1 aromatic carbocycles. The van der Waals surface area contributed by atoms with Crippen molar-refractivity contribution < 1.29 is 19.5 Å². The van der Waals surface area contributed by atoms with Crippen LogP contribution in [0.5, 0.6) is 0 Å². The predicted octanol–water partition coefficient (Wildman–Crippen LogP) is 5.32. The SMILES string of the molecule is [2H]CC1OC(n2ccc(=O)[nH]c2=O)C(F)C1OP(OCCc1ccccc1SSc1nccn1C)N(C(C)C)C(C)C. The first-order chi connectivity index (χ1) is 20.1. The van der Waals surface area contributed by atoms with Gasteiger partial charge in [0, 0.05) is 50.1 Å². The van der Waals surface area contributed by atoms with E-state index in [1.54, 1.807) is 27.8 Å². The molecule has 3 heterocycles. The van der Waals surface area contributed by atoms with Gasteiger partial charge in [0.05, 0.1) is 12.7 Å². The topological polar surface area (TPSA) is 104 Å². The van der Waals surface area contributed by atoms with Gasteiger partial charge in [0.1, 0.15) is 6.10 Å². The molecular weight excluding hydrogens is 588 g/mol. The van der Waals surface area contributed by atoms with E-state index in [1.807, 2.05) is 57.6 Å². The van der Waals surface area contributed by atoms with Gasteiger partial charge in [-0.1, -0.05) is 18.2 Å². The van der Waals surface area contributed by atoms with E-state index >= 15 is 4.39 Å². The second-order valence-electron chi connectivity index (χ2n) is 10.1. The summed E-state index contributed by atoms with van der Waals surface area (Å²) in [7, 11) is 3.40. The van der Waals surface area contributed by atoms with Crippen molar-refractivity contribution in [1.82, 2.24) is 23.8 Å². The molecule has 41 heavy (non-hydrogen) atoms. The highest BCUT2D eigenvalue weighted by molar-refractivity contribution is 8.76. The van der Waals surface area contributed by atoms with Crippen molar-refractivity contribution in [3.8, 4) is 0 Å². The molecule has 1 aliphatic heterocycles. The maximum absolute atomic E-state index is 15.9. The zero-order valence-corrected chi connectivity index (χ0v) is 26.2. The second-order valence-corrected chi connectivity index (χ2v) is 13.6. The summed E-state index contributed by atoms with van der Waals surface area (Å²) in [5, 5.41) is 0.901. The lowest BCUT2D eigenvalue weighted by molar-refractivity contribution is -0.0180. The molecule has 10 nitrogen and oxygen atoms in total. The van der Waals surface area contributed by atoms with E-state index in [0.717, 1.165) is 26.2 Å². The van der Waals surface area contributed by atoms with Gasteiger partial charge in [0.15, 0.2) is 17.6 Å². The van der Waals surface area contributed by atoms with Crippen molar-refractivity contribution in [1.29, 1.82) is 0 Å². The van der Waals surface area contributed by atoms with Gasteiger partial charge in [-0.15, -0.1) is 0 Å². The highest BCUT2D eigenvalue weighted by Crippen LogP contribution is 2.50. The summed E-state index contributed by atoms with van der Waals surface area (Å²) in [6.45, 7) is 8.13. The number of aromatic nitrogens is 4. The lowest BCUT2D eigenvalue weighted by Crippen LogP contribution is -2.38. The summed E-state index contributed by atoms with van der Waals surface area (Å²) < 4.78 is 47.4. The lowest BCUT2D eigenvalue weighted by atomic mass is 10.2. The summed E-state index contributed by atoms with van der Waals surface area (Å²) >= 11 is 0. The van der Waals surface area contributed by atoms with Crippen LogP contribution in [0.4, 0.5) is 4.39 Å². The molecule has 0 amide bonds. The number of benzene rings is 1. The van der Waals surface area contributed by atoms with Crippen molar-refractivity contribution in [3.05, 3.63) is 75.3 Å². The lowest BCUT2D eigenvalue weighted by Gasteiger charge is -2.37. The number of imidazole rings is 1. The van der Waals surface area contributed by atoms with Crippen molar-refractivity contribution in [2.45, 2.75) is 87.8 Å². The average molecular weight is 627 g/mol. The van der Waals surface area contributed by atoms with Gasteiger partial charge in [0.25, 0.3) is 14.1 Å². The molecule has 0 radical (unpaired) electrons. The average Bonchev–Trinajstić information content (AvgIpc) is 3.49. The first-order valence-corrected chi connectivity index (χ1v) is 16.6. The summed E-state index contributed by atoms with van der Waals surface area (Å²) in [6, 6.07) is 9.28. The summed E-state index contributed by atoms with van der Waals surface area (Å²) in [4.78, 5) is 31.5. The van der Waals surface area contributed by atoms with Gasteiger partial charge in [-0.25, -0.2) is 18.8 Å². The maximum Gasteiger partial charge on any atom is 0.330 e. The first-order valence-electron chi connectivity index (χ1n) is 14.0. The molecular formula is C27H37FN5O5PS2. The molecule has 4 rings (SSSR count). The zero-order valence-electron chi connectivity index (χ0n) is 24.7. The molecule has 0 saturated carbocycles. The number of alkyl halides is 1. The number of hydrogen-bond acceptors (Lipinski definition) is 9. The molecule has 3 aromatic rings. The van der Waals surface area contributed by atoms with Crippen LogP contribution in [0.3, 0.4) is 0 Å². The Labute approximate surface area is 249 Å². The van der Waals surface area contributed by atoms with E-state index in [4.69, 9.17) is 15.2 Å². The Morgan fingerprint density at radius 3 is 2.61 bits per heavy atom. The molecule has 5 atom stereocenters. The van der Waals surface area contributed by atoms with Crippen LogP contribution in [0, 0.1) is 0 Å². The highest BCUT2D eigenvalue weighted by Gasteiger charge is 2.47. The molecule has 0 aliphatic carbocycles. The van der Waals surface area contributed by atoms with Crippen LogP contribution in [0.1, 0.15) is 47.8 Å². The van der Waals surface area contributed by atoms with Crippen molar-refractivity contribution in [2.24, 2.45) is 7.05 Å². The molecule has 5 unspecified atom stereocenters. The third-order valence-electron chi connectivity index (χ3n) is 6.38. The molecule has 1 N–H and O–H groups in total. The molecule has 224 valence electrons. The normalized spacial score (nSPS) is 22.1. The molecule has 0 spiro atoms. The monoisotopic (exact) mass is 626 g/mol. The van der Waals surface area contributed by atoms with E-state index in [9.17, 15) is 9.59 Å². The smallest absolute Gasteiger partial charge is 0.330 e. The van der Waals surface area contributed by atoms with Crippen LogP contribution in [0.25, 0.3) is 0 Å². The van der Waals surface area contributed by atoms with Gasteiger partial charge in [-0.05, 0) is 74.2 Å². The van der Waals surface area contributed by atoms with Crippen molar-refractivity contribution >= 4 is 30.1 Å². The Kier molecular flexibility index (Phi) is 10.7. The minimum Gasteiger partial charge on any atom is -0.349 e. The predicted molar refractivity (Wildman–Crippen MR) is 161 cm³/mol. The Balaban J connectivity index is 1.49. The number of aromatic amines is 1. The molecule has 1 saturated heterocycles. The van der Waals surface area contributed by atoms with Gasteiger partial charge in [-0.2, -0.15) is 0 Å². The van der Waals surface area contributed by atoms with Gasteiger partial charge >= 0.3 is 5.69 Å². The number of H-pyrrole nitrogens is 1. The largest absolute Gasteiger partial charge is 0.349 e. The number of rotatable bonds is 13. The summed E-state index contributed by atoms with van der Waals surface area (Å²) in [5.41, 5.74) is -0.276. The Bertz CT molecular complexity index is 1420. The van der Waals surface area contributed by atoms with Gasteiger partial charge in [-0.3, -0.25) is 14.3 Å². The Hall–Kier alpha value is -1.99. The third kappa shape index (κ3) is 7.90. The number of hydrogen-bond donors (Lipinski definition) is 1. The quantitative estimate of drug-likeness (QED) is 0.200. The van der Waals surface area contributed by atoms with Crippen molar-refractivity contribution in [2.75, 3.05) is 6.61 Å². The van der Waals surface area contributed by atoms with Gasteiger partial charge < -0.3 is 18.4 Å². The summed E-state index contributed by atoms with van der Waals surface area (Å²) in [5.74, 6) is 0. The third-order valence-corrected chi connectivity index (χ3v) is 10.9. The first kappa shape index (κ1) is 30.5. The Morgan fingerprint density at radius 1 is 1.20 bits per heavy atom. The van der Waals surface area contributed by atoms with Crippen LogP contribution in [-0.4, -0.2) is 60.8 Å². The van der Waals surface area contributed by atoms with Crippen LogP contribution < -0.4 is 11.2 Å². The van der Waals surface area contributed by atoms with E-state index in [0.29, 0.717) is 13.0 Å². The fourth-order valence-corrected chi connectivity index (χ4v) is 8.53. The Morgan fingerprint density at radius 2 is 1.95 bits per heavy atom. The van der Waals surface area contributed by atoms with E-state index < -0.39 is 44.4 Å². The standard InChI is InChI=1S/C27H37FN5O5PS2/c1-17(2)33(18(3)4)39(38-24-19(5)37-25(23(24)28)32-14-11-22(34)30-26(32)35)36-16-12-20-9-7-8-10-21(20)40-41-27-29-13-15-31(27)6/h7-11,13-15,17-19,23-25H,12,16H2,1-6H3,(H,30,34,35)/i5D. The summed E-state index contributed by atoms with van der Waals surface area (Å²) in [6.07, 6.45) is 0.296. The van der Waals surface area contributed by atoms with Crippen LogP contribution >= 0.6 is 30.1 Å². The number of aryl methyl sites for hydroxylation is 1. The molecule has 1 aliphatic rings. The minimum atomic E-state index is -1.76.